The Balaban J connectivity index is 2.11. The average Bonchev–Trinajstić information content (AvgIpc) is 2.90. The molecule has 26 heavy (non-hydrogen) atoms. The summed E-state index contributed by atoms with van der Waals surface area (Å²) in [6, 6.07) is 13.2. The number of rotatable bonds is 3. The largest absolute Gasteiger partial charge is 0.316 e. The molecule has 0 radical (unpaired) electrons. The Morgan fingerprint density at radius 2 is 1.81 bits per heavy atom. The Labute approximate surface area is 166 Å². The van der Waals surface area contributed by atoms with Gasteiger partial charge in [-0.05, 0) is 44.5 Å². The smallest absolute Gasteiger partial charge is 0.281 e. The topological polar surface area (TPSA) is 34.4 Å². The normalized spacial score (nSPS) is 11.8. The number of aromatic nitrogens is 1. The minimum Gasteiger partial charge on any atom is -0.316 e. The van der Waals surface area contributed by atoms with Crippen LogP contribution in [0.15, 0.2) is 47.5 Å². The third-order valence-corrected chi connectivity index (χ3v) is 5.62. The SMILES string of the molecule is CCn1c(-c2ccc(C)cc2)c(C)sc1=NC(=O)c1ccc(Cl)cc1Cl. The van der Waals surface area contributed by atoms with Crippen LogP contribution in [0, 0.1) is 13.8 Å². The lowest BCUT2D eigenvalue weighted by molar-refractivity contribution is 0.0998. The summed E-state index contributed by atoms with van der Waals surface area (Å²) in [7, 11) is 0. The van der Waals surface area contributed by atoms with Gasteiger partial charge in [-0.3, -0.25) is 4.79 Å². The number of aryl methyl sites for hydroxylation is 2. The minimum absolute atomic E-state index is 0.307. The molecule has 0 fully saturated rings. The maximum Gasteiger partial charge on any atom is 0.281 e. The van der Waals surface area contributed by atoms with Gasteiger partial charge in [-0.15, -0.1) is 11.3 Å². The first-order chi connectivity index (χ1) is 12.4. The van der Waals surface area contributed by atoms with Crippen LogP contribution in [-0.2, 0) is 6.54 Å². The number of nitrogens with zero attached hydrogens (tertiary/aromatic N) is 2. The molecule has 0 atom stereocenters. The van der Waals surface area contributed by atoms with Gasteiger partial charge < -0.3 is 4.57 Å². The Morgan fingerprint density at radius 1 is 1.12 bits per heavy atom. The van der Waals surface area contributed by atoms with Crippen LogP contribution in [0.3, 0.4) is 0 Å². The second-order valence-corrected chi connectivity index (χ2v) is 7.97. The number of hydrogen-bond acceptors (Lipinski definition) is 2. The van der Waals surface area contributed by atoms with E-state index in [0.717, 1.165) is 16.1 Å². The van der Waals surface area contributed by atoms with Crippen LogP contribution >= 0.6 is 34.5 Å². The van der Waals surface area contributed by atoms with Crippen molar-refractivity contribution in [3.63, 3.8) is 0 Å². The minimum atomic E-state index is -0.370. The Hall–Kier alpha value is -1.88. The summed E-state index contributed by atoms with van der Waals surface area (Å²) in [4.78, 5) is 18.7. The number of halogens is 2. The van der Waals surface area contributed by atoms with Crippen molar-refractivity contribution in [2.45, 2.75) is 27.3 Å². The first kappa shape index (κ1) is 18.9. The highest BCUT2D eigenvalue weighted by molar-refractivity contribution is 7.09. The molecule has 0 aliphatic carbocycles. The van der Waals surface area contributed by atoms with Crippen molar-refractivity contribution in [1.29, 1.82) is 0 Å². The zero-order valence-electron chi connectivity index (χ0n) is 14.7. The van der Waals surface area contributed by atoms with Gasteiger partial charge in [0, 0.05) is 16.4 Å². The van der Waals surface area contributed by atoms with Crippen LogP contribution in [0.2, 0.25) is 10.0 Å². The van der Waals surface area contributed by atoms with Crippen molar-refractivity contribution in [2.24, 2.45) is 4.99 Å². The molecule has 3 nitrogen and oxygen atoms in total. The van der Waals surface area contributed by atoms with E-state index in [4.69, 9.17) is 23.2 Å². The predicted molar refractivity (Wildman–Crippen MR) is 109 cm³/mol. The summed E-state index contributed by atoms with van der Waals surface area (Å²) in [6.07, 6.45) is 0. The number of benzene rings is 2. The van der Waals surface area contributed by atoms with Crippen LogP contribution in [0.4, 0.5) is 0 Å². The zero-order valence-corrected chi connectivity index (χ0v) is 17.0. The highest BCUT2D eigenvalue weighted by Gasteiger charge is 2.14. The van der Waals surface area contributed by atoms with E-state index in [1.54, 1.807) is 18.2 Å². The molecule has 134 valence electrons. The van der Waals surface area contributed by atoms with E-state index in [0.29, 0.717) is 27.0 Å². The van der Waals surface area contributed by atoms with E-state index in [-0.39, 0.29) is 5.91 Å². The molecule has 0 aliphatic rings. The highest BCUT2D eigenvalue weighted by Crippen LogP contribution is 2.26. The van der Waals surface area contributed by atoms with Crippen LogP contribution < -0.4 is 4.80 Å². The fraction of sp³-hybridized carbons (Fsp3) is 0.200. The number of hydrogen-bond donors (Lipinski definition) is 0. The number of thiazole rings is 1. The molecule has 3 rings (SSSR count). The second kappa shape index (κ2) is 7.78. The molecule has 1 aromatic heterocycles. The van der Waals surface area contributed by atoms with Gasteiger partial charge in [0.1, 0.15) is 0 Å². The Kier molecular flexibility index (Phi) is 5.66. The van der Waals surface area contributed by atoms with Crippen molar-refractivity contribution in [3.8, 4) is 11.3 Å². The number of carbonyl (C=O) groups is 1. The fourth-order valence-corrected chi connectivity index (χ4v) is 4.33. The van der Waals surface area contributed by atoms with Crippen LogP contribution in [-0.4, -0.2) is 10.5 Å². The van der Waals surface area contributed by atoms with Gasteiger partial charge in [-0.1, -0.05) is 53.0 Å². The summed E-state index contributed by atoms with van der Waals surface area (Å²) in [5.41, 5.74) is 3.76. The summed E-state index contributed by atoms with van der Waals surface area (Å²) in [5.74, 6) is -0.370. The predicted octanol–water partition coefficient (Wildman–Crippen LogP) is 5.90. The van der Waals surface area contributed by atoms with Crippen molar-refractivity contribution in [2.75, 3.05) is 0 Å². The molecule has 3 aromatic rings. The average molecular weight is 405 g/mol. The zero-order chi connectivity index (χ0) is 18.8. The Morgan fingerprint density at radius 3 is 2.42 bits per heavy atom. The summed E-state index contributed by atoms with van der Waals surface area (Å²) in [6.45, 7) is 6.87. The molecule has 0 saturated carbocycles. The highest BCUT2D eigenvalue weighted by atomic mass is 35.5. The monoisotopic (exact) mass is 404 g/mol. The molecule has 0 bridgehead atoms. The lowest BCUT2D eigenvalue weighted by Crippen LogP contribution is -2.17. The van der Waals surface area contributed by atoms with E-state index in [1.165, 1.54) is 16.9 Å². The van der Waals surface area contributed by atoms with Gasteiger partial charge in [0.25, 0.3) is 5.91 Å². The number of carbonyl (C=O) groups excluding carboxylic acids is 1. The Bertz CT molecular complexity index is 1030. The molecule has 0 N–H and O–H groups in total. The third kappa shape index (κ3) is 3.78. The molecule has 0 unspecified atom stereocenters. The summed E-state index contributed by atoms with van der Waals surface area (Å²) >= 11 is 13.5. The summed E-state index contributed by atoms with van der Waals surface area (Å²) in [5, 5.41) is 0.796. The molecule has 0 saturated heterocycles. The van der Waals surface area contributed by atoms with Crippen LogP contribution in [0.25, 0.3) is 11.3 Å². The maximum absolute atomic E-state index is 12.6. The molecule has 1 heterocycles. The third-order valence-electron chi connectivity index (χ3n) is 4.08. The second-order valence-electron chi connectivity index (χ2n) is 5.94. The lowest BCUT2D eigenvalue weighted by Gasteiger charge is -2.08. The lowest BCUT2D eigenvalue weighted by atomic mass is 10.1. The van der Waals surface area contributed by atoms with Crippen molar-refractivity contribution in [3.05, 3.63) is 73.3 Å². The van der Waals surface area contributed by atoms with Gasteiger partial charge >= 0.3 is 0 Å². The molecule has 2 aromatic carbocycles. The standard InChI is InChI=1S/C20H18Cl2N2OS/c1-4-24-18(14-7-5-12(2)6-8-14)13(3)26-20(24)23-19(25)16-10-9-15(21)11-17(16)22/h5-11H,4H2,1-3H3. The van der Waals surface area contributed by atoms with E-state index in [9.17, 15) is 4.79 Å². The van der Waals surface area contributed by atoms with Gasteiger partial charge in [0.2, 0.25) is 0 Å². The molecule has 0 aliphatic heterocycles. The van der Waals surface area contributed by atoms with Gasteiger partial charge in [-0.25, -0.2) is 0 Å². The molecule has 1 amide bonds. The van der Waals surface area contributed by atoms with E-state index < -0.39 is 0 Å². The maximum atomic E-state index is 12.6. The van der Waals surface area contributed by atoms with Crippen molar-refractivity contribution >= 4 is 40.4 Å². The quantitative estimate of drug-likeness (QED) is 0.534. The van der Waals surface area contributed by atoms with Gasteiger partial charge in [-0.2, -0.15) is 4.99 Å². The summed E-state index contributed by atoms with van der Waals surface area (Å²) < 4.78 is 2.06. The van der Waals surface area contributed by atoms with Crippen molar-refractivity contribution < 1.29 is 4.79 Å². The van der Waals surface area contributed by atoms with E-state index in [2.05, 4.69) is 40.7 Å². The van der Waals surface area contributed by atoms with Crippen LogP contribution in [0.5, 0.6) is 0 Å². The van der Waals surface area contributed by atoms with Crippen LogP contribution in [0.1, 0.15) is 27.7 Å². The van der Waals surface area contributed by atoms with E-state index in [1.807, 2.05) is 13.8 Å². The number of amides is 1. The van der Waals surface area contributed by atoms with E-state index >= 15 is 0 Å². The first-order valence-electron chi connectivity index (χ1n) is 8.22. The van der Waals surface area contributed by atoms with Gasteiger partial charge in [0.15, 0.2) is 4.80 Å². The molecular formula is C20H18Cl2N2OS. The van der Waals surface area contributed by atoms with Crippen molar-refractivity contribution in [1.82, 2.24) is 4.57 Å². The fourth-order valence-electron chi connectivity index (χ4n) is 2.78. The molecule has 0 spiro atoms. The first-order valence-corrected chi connectivity index (χ1v) is 9.79. The van der Waals surface area contributed by atoms with Gasteiger partial charge in [0.05, 0.1) is 16.3 Å². The molecule has 6 heteroatoms. The molecular weight excluding hydrogens is 387 g/mol.